The Labute approximate surface area is 109 Å². The summed E-state index contributed by atoms with van der Waals surface area (Å²) in [4.78, 5) is 2.23. The van der Waals surface area contributed by atoms with Crippen molar-refractivity contribution in [2.75, 3.05) is 26.2 Å². The van der Waals surface area contributed by atoms with Gasteiger partial charge in [-0.15, -0.1) is 0 Å². The number of nitrogens with two attached hydrogens (primary N) is 1. The summed E-state index contributed by atoms with van der Waals surface area (Å²) >= 11 is 0. The van der Waals surface area contributed by atoms with Crippen molar-refractivity contribution >= 4 is 0 Å². The molecule has 1 fully saturated rings. The number of piperidine rings is 1. The van der Waals surface area contributed by atoms with Crippen LogP contribution in [0.5, 0.6) is 0 Å². The molecular formula is C14H23N3O. The molecule has 100 valence electrons. The fourth-order valence-electron chi connectivity index (χ4n) is 2.47. The predicted octanol–water partition coefficient (Wildman–Crippen LogP) is 0.170. The zero-order chi connectivity index (χ0) is 12.8. The Hall–Kier alpha value is -0.940. The summed E-state index contributed by atoms with van der Waals surface area (Å²) in [5.41, 5.74) is 6.79. The average Bonchev–Trinajstić information content (AvgIpc) is 2.39. The van der Waals surface area contributed by atoms with E-state index in [1.807, 2.05) is 18.2 Å². The summed E-state index contributed by atoms with van der Waals surface area (Å²) in [7, 11) is 0. The lowest BCUT2D eigenvalue weighted by molar-refractivity contribution is 0.0413. The normalized spacial score (nSPS) is 25.2. The van der Waals surface area contributed by atoms with Crippen molar-refractivity contribution in [2.45, 2.75) is 25.1 Å². The highest BCUT2D eigenvalue weighted by Crippen LogP contribution is 2.11. The van der Waals surface area contributed by atoms with Gasteiger partial charge in [0.05, 0.1) is 6.10 Å². The Kier molecular flexibility index (Phi) is 5.13. The Morgan fingerprint density at radius 2 is 2.11 bits per heavy atom. The lowest BCUT2D eigenvalue weighted by Gasteiger charge is -2.36. The number of hydrogen-bond acceptors (Lipinski definition) is 4. The summed E-state index contributed by atoms with van der Waals surface area (Å²) in [5.74, 6) is 0. The van der Waals surface area contributed by atoms with Gasteiger partial charge < -0.3 is 16.2 Å². The van der Waals surface area contributed by atoms with Crippen LogP contribution in [0.25, 0.3) is 0 Å². The van der Waals surface area contributed by atoms with Crippen LogP contribution in [0.1, 0.15) is 12.0 Å². The molecule has 18 heavy (non-hydrogen) atoms. The number of nitrogens with zero attached hydrogens (tertiary/aromatic N) is 1. The van der Waals surface area contributed by atoms with E-state index >= 15 is 0 Å². The second kappa shape index (κ2) is 6.85. The molecule has 1 aliphatic heterocycles. The number of nitrogens with one attached hydrogen (secondary N) is 1. The van der Waals surface area contributed by atoms with Gasteiger partial charge in [-0.3, -0.25) is 4.90 Å². The summed E-state index contributed by atoms with van der Waals surface area (Å²) in [6.45, 7) is 4.10. The van der Waals surface area contributed by atoms with Gasteiger partial charge in [0.2, 0.25) is 0 Å². The molecule has 0 radical (unpaired) electrons. The van der Waals surface area contributed by atoms with E-state index < -0.39 is 0 Å². The third-order valence-corrected chi connectivity index (χ3v) is 3.52. The van der Waals surface area contributed by atoms with Gasteiger partial charge in [-0.2, -0.15) is 0 Å². The monoisotopic (exact) mass is 249 g/mol. The van der Waals surface area contributed by atoms with Gasteiger partial charge in [0.15, 0.2) is 0 Å². The van der Waals surface area contributed by atoms with Crippen LogP contribution in [0.3, 0.4) is 0 Å². The first-order valence-electron chi connectivity index (χ1n) is 6.67. The largest absolute Gasteiger partial charge is 0.390 e. The smallest absolute Gasteiger partial charge is 0.0820 e. The fraction of sp³-hybridized carbons (Fsp3) is 0.571. The van der Waals surface area contributed by atoms with Crippen LogP contribution >= 0.6 is 0 Å². The topological polar surface area (TPSA) is 61.5 Å². The van der Waals surface area contributed by atoms with Gasteiger partial charge in [0.1, 0.15) is 0 Å². The highest BCUT2D eigenvalue weighted by atomic mass is 16.3. The average molecular weight is 249 g/mol. The minimum atomic E-state index is -0.297. The standard InChI is InChI=1S/C14H23N3O/c15-7-9-17-8-6-13(14(18)11-17)16-10-12-4-2-1-3-5-12/h1-5,13-14,16,18H,6-11,15H2/t13-,14-/m1/s1. The van der Waals surface area contributed by atoms with Gasteiger partial charge in [-0.1, -0.05) is 30.3 Å². The number of aliphatic hydroxyl groups excluding tert-OH is 1. The van der Waals surface area contributed by atoms with Crippen LogP contribution in [0.15, 0.2) is 30.3 Å². The summed E-state index contributed by atoms with van der Waals surface area (Å²) in [5, 5.41) is 13.5. The molecule has 4 nitrogen and oxygen atoms in total. The van der Waals surface area contributed by atoms with E-state index in [4.69, 9.17) is 5.73 Å². The summed E-state index contributed by atoms with van der Waals surface area (Å²) in [6, 6.07) is 10.5. The minimum Gasteiger partial charge on any atom is -0.390 e. The van der Waals surface area contributed by atoms with Crippen LogP contribution in [-0.4, -0.2) is 48.3 Å². The third-order valence-electron chi connectivity index (χ3n) is 3.52. The second-order valence-electron chi connectivity index (χ2n) is 4.92. The molecule has 0 unspecified atom stereocenters. The van der Waals surface area contributed by atoms with Crippen LogP contribution < -0.4 is 11.1 Å². The molecule has 1 saturated heterocycles. The summed E-state index contributed by atoms with van der Waals surface area (Å²) in [6.07, 6.45) is 0.683. The van der Waals surface area contributed by atoms with Gasteiger partial charge in [0.25, 0.3) is 0 Å². The first-order valence-corrected chi connectivity index (χ1v) is 6.67. The molecule has 4 heteroatoms. The molecule has 0 saturated carbocycles. The van der Waals surface area contributed by atoms with E-state index in [1.54, 1.807) is 0 Å². The maximum atomic E-state index is 10.1. The van der Waals surface area contributed by atoms with E-state index in [2.05, 4.69) is 22.3 Å². The number of hydrogen-bond donors (Lipinski definition) is 3. The van der Waals surface area contributed by atoms with E-state index in [9.17, 15) is 5.11 Å². The van der Waals surface area contributed by atoms with E-state index in [0.717, 1.165) is 32.6 Å². The van der Waals surface area contributed by atoms with Crippen LogP contribution in [0.4, 0.5) is 0 Å². The number of benzene rings is 1. The van der Waals surface area contributed by atoms with Crippen molar-refractivity contribution in [1.82, 2.24) is 10.2 Å². The molecule has 2 rings (SSSR count). The molecule has 0 spiro atoms. The molecule has 0 aromatic heterocycles. The number of likely N-dealkylation sites (tertiary alicyclic amines) is 1. The van der Waals surface area contributed by atoms with E-state index in [1.165, 1.54) is 5.56 Å². The first-order chi connectivity index (χ1) is 8.79. The van der Waals surface area contributed by atoms with Crippen LogP contribution in [0.2, 0.25) is 0 Å². The van der Waals surface area contributed by atoms with Gasteiger partial charge in [-0.25, -0.2) is 0 Å². The maximum absolute atomic E-state index is 10.1. The molecule has 4 N–H and O–H groups in total. The lowest BCUT2D eigenvalue weighted by atomic mass is 10.0. The van der Waals surface area contributed by atoms with Crippen LogP contribution in [-0.2, 0) is 6.54 Å². The number of aliphatic hydroxyl groups is 1. The molecule has 0 amide bonds. The third kappa shape index (κ3) is 3.78. The van der Waals surface area contributed by atoms with Crippen molar-refractivity contribution < 1.29 is 5.11 Å². The Balaban J connectivity index is 1.77. The molecule has 0 aliphatic carbocycles. The first kappa shape index (κ1) is 13.5. The quantitative estimate of drug-likeness (QED) is 0.696. The van der Waals surface area contributed by atoms with Crippen molar-refractivity contribution in [3.63, 3.8) is 0 Å². The number of rotatable bonds is 5. The fourth-order valence-corrected chi connectivity index (χ4v) is 2.47. The predicted molar refractivity (Wildman–Crippen MR) is 73.2 cm³/mol. The van der Waals surface area contributed by atoms with Gasteiger partial charge in [-0.05, 0) is 18.5 Å². The molecule has 1 heterocycles. The van der Waals surface area contributed by atoms with Crippen molar-refractivity contribution in [3.8, 4) is 0 Å². The SMILES string of the molecule is NCCN1CC[C@@H](NCc2ccccc2)[C@H](O)C1. The Morgan fingerprint density at radius 3 is 2.78 bits per heavy atom. The zero-order valence-corrected chi connectivity index (χ0v) is 10.8. The van der Waals surface area contributed by atoms with Crippen molar-refractivity contribution in [2.24, 2.45) is 5.73 Å². The molecule has 1 aromatic rings. The molecule has 1 aliphatic rings. The number of β-amino-alcohol motifs (C(OH)–C–C–N with tert-alkyl or cyclic N) is 1. The molecule has 2 atom stereocenters. The molecule has 1 aromatic carbocycles. The lowest BCUT2D eigenvalue weighted by Crippen LogP contribution is -2.53. The van der Waals surface area contributed by atoms with Crippen molar-refractivity contribution in [3.05, 3.63) is 35.9 Å². The minimum absolute atomic E-state index is 0.194. The van der Waals surface area contributed by atoms with E-state index in [0.29, 0.717) is 6.54 Å². The second-order valence-corrected chi connectivity index (χ2v) is 4.92. The zero-order valence-electron chi connectivity index (χ0n) is 10.8. The highest BCUT2D eigenvalue weighted by molar-refractivity contribution is 5.14. The summed E-state index contributed by atoms with van der Waals surface area (Å²) < 4.78 is 0. The molecular weight excluding hydrogens is 226 g/mol. The maximum Gasteiger partial charge on any atom is 0.0820 e. The highest BCUT2D eigenvalue weighted by Gasteiger charge is 2.26. The molecule has 0 bridgehead atoms. The van der Waals surface area contributed by atoms with Crippen molar-refractivity contribution in [1.29, 1.82) is 0 Å². The Morgan fingerprint density at radius 1 is 1.33 bits per heavy atom. The Bertz CT molecular complexity index is 344. The van der Waals surface area contributed by atoms with Gasteiger partial charge >= 0.3 is 0 Å². The van der Waals surface area contributed by atoms with Gasteiger partial charge in [0, 0.05) is 32.2 Å². The van der Waals surface area contributed by atoms with Crippen LogP contribution in [0, 0.1) is 0 Å². The van der Waals surface area contributed by atoms with E-state index in [-0.39, 0.29) is 12.1 Å².